The van der Waals surface area contributed by atoms with Crippen LogP contribution >= 0.6 is 11.3 Å². The number of pyridine rings is 1. The monoisotopic (exact) mass is 569 g/mol. The first-order chi connectivity index (χ1) is 16.8. The molecule has 7 N–H and O–H groups in total. The first kappa shape index (κ1) is 29.8. The van der Waals surface area contributed by atoms with Crippen LogP contribution in [0.3, 0.4) is 0 Å². The van der Waals surface area contributed by atoms with Gasteiger partial charge in [0.15, 0.2) is 33.5 Å². The predicted molar refractivity (Wildman–Crippen MR) is 115 cm³/mol. The van der Waals surface area contributed by atoms with Crippen molar-refractivity contribution in [1.29, 1.82) is 0 Å². The summed E-state index contributed by atoms with van der Waals surface area (Å²) in [7, 11) is -5.31. The molecule has 18 nitrogen and oxygen atoms in total. The molecule has 0 radical (unpaired) electrons. The third kappa shape index (κ3) is 6.87. The van der Waals surface area contributed by atoms with Gasteiger partial charge in [0.1, 0.15) is 30.1 Å². The molecular formula is C16H16N7NaO11S2. The van der Waals surface area contributed by atoms with Crippen molar-refractivity contribution in [2.45, 2.75) is 18.7 Å². The second kappa shape index (κ2) is 11.7. The number of nitrogens with two attached hydrogens (primary N) is 2. The third-order valence-electron chi connectivity index (χ3n) is 4.53. The van der Waals surface area contributed by atoms with E-state index in [0.717, 1.165) is 17.4 Å². The van der Waals surface area contributed by atoms with E-state index in [0.29, 0.717) is 10.9 Å². The number of hydrogen-bond acceptors (Lipinski definition) is 15. The number of amides is 3. The fraction of sp³-hybridized carbons (Fsp3) is 0.250. The van der Waals surface area contributed by atoms with Gasteiger partial charge in [0.25, 0.3) is 11.8 Å². The number of aromatic hydroxyl groups is 1. The molecule has 1 aliphatic rings. The molecule has 2 aromatic rings. The first-order valence-electron chi connectivity index (χ1n) is 9.37. The van der Waals surface area contributed by atoms with E-state index in [-0.39, 0.29) is 50.4 Å². The number of β-lactam (4-membered cyclic amide) rings is 1. The number of primary amides is 1. The van der Waals surface area contributed by atoms with E-state index < -0.39 is 70.4 Å². The molecule has 0 spiro atoms. The Hall–Kier alpha value is -3.43. The largest absolute Gasteiger partial charge is 1.00 e. The molecule has 0 saturated carbocycles. The van der Waals surface area contributed by atoms with Crippen LogP contribution in [0.25, 0.3) is 0 Å². The number of carbonyl (C=O) groups is 3. The van der Waals surface area contributed by atoms with Crippen molar-refractivity contribution < 1.29 is 76.8 Å². The second-order valence-electron chi connectivity index (χ2n) is 6.88. The van der Waals surface area contributed by atoms with Crippen LogP contribution in [0.1, 0.15) is 11.4 Å². The summed E-state index contributed by atoms with van der Waals surface area (Å²) in [4.78, 5) is 56.4. The minimum absolute atomic E-state index is 0. The average molecular weight is 569 g/mol. The Labute approximate surface area is 232 Å². The van der Waals surface area contributed by atoms with Gasteiger partial charge in [-0.15, -0.1) is 11.3 Å². The molecule has 0 aromatic carbocycles. The molecule has 194 valence electrons. The minimum Gasteiger partial charge on any atom is -0.731 e. The number of nitrogens with zero attached hydrogens (tertiary/aromatic N) is 4. The van der Waals surface area contributed by atoms with Gasteiger partial charge in [-0.3, -0.25) is 14.4 Å². The second-order valence-corrected chi connectivity index (χ2v) is 9.02. The minimum atomic E-state index is -5.31. The smallest absolute Gasteiger partial charge is 0.731 e. The van der Waals surface area contributed by atoms with Crippen molar-refractivity contribution in [3.05, 3.63) is 39.3 Å². The summed E-state index contributed by atoms with van der Waals surface area (Å²) in [6, 6.07) is -2.40. The predicted octanol–water partition coefficient (Wildman–Crippen LogP) is -5.99. The van der Waals surface area contributed by atoms with Crippen LogP contribution in [-0.2, 0) is 36.1 Å². The van der Waals surface area contributed by atoms with Crippen LogP contribution in [-0.4, -0.2) is 79.6 Å². The van der Waals surface area contributed by atoms with Crippen LogP contribution in [0.5, 0.6) is 5.75 Å². The van der Waals surface area contributed by atoms with Gasteiger partial charge in [-0.1, -0.05) is 5.16 Å². The molecule has 3 amide bonds. The summed E-state index contributed by atoms with van der Waals surface area (Å²) in [5, 5.41) is 26.1. The molecule has 0 aliphatic carbocycles. The van der Waals surface area contributed by atoms with E-state index in [9.17, 15) is 42.5 Å². The zero-order valence-electron chi connectivity index (χ0n) is 18.6. The van der Waals surface area contributed by atoms with Gasteiger partial charge in [-0.2, -0.15) is 4.73 Å². The van der Waals surface area contributed by atoms with E-state index in [2.05, 4.69) is 20.2 Å². The average Bonchev–Trinajstić information content (AvgIpc) is 3.20. The van der Waals surface area contributed by atoms with E-state index in [4.69, 9.17) is 16.3 Å². The van der Waals surface area contributed by atoms with Crippen molar-refractivity contribution in [3.8, 4) is 5.75 Å². The van der Waals surface area contributed by atoms with Crippen LogP contribution < -0.4 is 51.8 Å². The summed E-state index contributed by atoms with van der Waals surface area (Å²) in [6.07, 6.45) is -0.626. The van der Waals surface area contributed by atoms with Gasteiger partial charge in [-0.05, 0) is 0 Å². The standard InChI is InChI=1S/C16H17N7O11S2.Na/c17-15-19-7(5-35-15)11(21-34-3-6-1-9(24)10(25)2-22(6)29)13(26)20-12-8(4-33-16(18)28)23(14(12)27)36(30,31)32;/h1-2,5,8,12,25,29H,3-4H2,(H2,17,19)(H2,18,28)(H,20,26)(H,30,31,32);/q;+1/p-1/b21-11-;. The number of anilines is 1. The van der Waals surface area contributed by atoms with Gasteiger partial charge in [0, 0.05) is 11.4 Å². The molecule has 37 heavy (non-hydrogen) atoms. The number of nitrogen functional groups attached to an aromatic ring is 1. The summed E-state index contributed by atoms with van der Waals surface area (Å²) in [5.41, 5.74) is 8.68. The molecule has 3 rings (SSSR count). The summed E-state index contributed by atoms with van der Waals surface area (Å²) in [5.74, 6) is -3.20. The molecule has 21 heteroatoms. The molecule has 2 aromatic heterocycles. The maximum absolute atomic E-state index is 12.9. The zero-order chi connectivity index (χ0) is 26.8. The summed E-state index contributed by atoms with van der Waals surface area (Å²) in [6.45, 7) is -1.41. The summed E-state index contributed by atoms with van der Waals surface area (Å²) >= 11 is 0.911. The van der Waals surface area contributed by atoms with Crippen molar-refractivity contribution >= 4 is 50.4 Å². The summed E-state index contributed by atoms with van der Waals surface area (Å²) < 4.78 is 38.8. The van der Waals surface area contributed by atoms with Gasteiger partial charge >= 0.3 is 35.7 Å². The fourth-order valence-electron chi connectivity index (χ4n) is 2.92. The first-order valence-corrected chi connectivity index (χ1v) is 11.6. The van der Waals surface area contributed by atoms with E-state index in [1.807, 2.05) is 0 Å². The molecule has 2 unspecified atom stereocenters. The Morgan fingerprint density at radius 3 is 2.59 bits per heavy atom. The van der Waals surface area contributed by atoms with Crippen LogP contribution in [0.4, 0.5) is 9.93 Å². The molecule has 3 heterocycles. The molecule has 1 aliphatic heterocycles. The quantitative estimate of drug-likeness (QED) is 0.0470. The molecule has 0 bridgehead atoms. The Balaban J connectivity index is 0.00000481. The van der Waals surface area contributed by atoms with Crippen molar-refractivity contribution in [2.24, 2.45) is 10.9 Å². The number of rotatable bonds is 9. The Morgan fingerprint density at radius 1 is 1.35 bits per heavy atom. The van der Waals surface area contributed by atoms with Gasteiger partial charge < -0.3 is 41.2 Å². The van der Waals surface area contributed by atoms with Crippen molar-refractivity contribution in [1.82, 2.24) is 19.3 Å². The third-order valence-corrected chi connectivity index (χ3v) is 6.14. The van der Waals surface area contributed by atoms with Crippen LogP contribution in [0, 0.1) is 0 Å². The number of ether oxygens (including phenoxy) is 1. The van der Waals surface area contributed by atoms with E-state index >= 15 is 0 Å². The molecule has 2 atom stereocenters. The Bertz CT molecular complexity index is 1410. The Morgan fingerprint density at radius 2 is 2.03 bits per heavy atom. The van der Waals surface area contributed by atoms with E-state index in [1.54, 1.807) is 0 Å². The number of thiazole rings is 1. The Kier molecular flexibility index (Phi) is 9.46. The SMILES string of the molecule is NC(=O)OCC1C(NC(=O)/C(=N\OCc2cc(=O)c(O)cn2O)c2csc(N)n2)C(=O)N1S(=O)(=O)[O-].[Na+]. The number of aromatic nitrogens is 2. The number of oxime groups is 1. The zero-order valence-corrected chi connectivity index (χ0v) is 22.3. The van der Waals surface area contributed by atoms with Crippen LogP contribution in [0.15, 0.2) is 27.6 Å². The maximum Gasteiger partial charge on any atom is 1.00 e. The molecule has 1 saturated heterocycles. The number of nitrogens with one attached hydrogen (secondary N) is 1. The van der Waals surface area contributed by atoms with Crippen LogP contribution in [0.2, 0.25) is 0 Å². The van der Waals surface area contributed by atoms with Gasteiger partial charge in [0.2, 0.25) is 5.43 Å². The van der Waals surface area contributed by atoms with E-state index in [1.165, 1.54) is 5.38 Å². The van der Waals surface area contributed by atoms with Crippen molar-refractivity contribution in [2.75, 3.05) is 12.3 Å². The topological polar surface area (TPSA) is 282 Å². The number of hydrogen-bond donors (Lipinski definition) is 5. The van der Waals surface area contributed by atoms with Gasteiger partial charge in [0.05, 0.1) is 6.20 Å². The molecule has 1 fully saturated rings. The van der Waals surface area contributed by atoms with Crippen molar-refractivity contribution in [3.63, 3.8) is 0 Å². The normalized spacial score (nSPS) is 17.4. The van der Waals surface area contributed by atoms with Gasteiger partial charge in [-0.25, -0.2) is 22.5 Å². The maximum atomic E-state index is 12.9. The molecular weight excluding hydrogens is 553 g/mol. The fourth-order valence-corrected chi connectivity index (χ4v) is 4.31. The number of carbonyl (C=O) groups excluding carboxylic acids is 3.